The number of nitrogens with zero attached hydrogens (tertiary/aromatic N) is 1. The topological polar surface area (TPSA) is 20.3 Å². The van der Waals surface area contributed by atoms with Crippen molar-refractivity contribution in [3.8, 4) is 0 Å². The van der Waals surface area contributed by atoms with E-state index in [1.54, 1.807) is 12.1 Å². The van der Waals surface area contributed by atoms with Crippen LogP contribution in [0, 0.1) is 6.92 Å². The van der Waals surface area contributed by atoms with E-state index in [0.717, 1.165) is 12.0 Å². The Labute approximate surface area is 119 Å². The summed E-state index contributed by atoms with van der Waals surface area (Å²) in [6.07, 6.45) is 0.804. The summed E-state index contributed by atoms with van der Waals surface area (Å²) in [7, 11) is 0. The van der Waals surface area contributed by atoms with E-state index in [1.165, 1.54) is 0 Å². The molecular formula is C14H19Cl2NO. The summed E-state index contributed by atoms with van der Waals surface area (Å²) in [4.78, 5) is 14.2. The van der Waals surface area contributed by atoms with Gasteiger partial charge in [-0.05, 0) is 51.0 Å². The van der Waals surface area contributed by atoms with Gasteiger partial charge in [0.15, 0.2) is 0 Å². The minimum Gasteiger partial charge on any atom is -0.336 e. The highest BCUT2D eigenvalue weighted by molar-refractivity contribution is 6.31. The summed E-state index contributed by atoms with van der Waals surface area (Å²) in [5.74, 6) is 0.603. The number of carbonyl (C=O) groups excluding carboxylic acids is 1. The molecule has 0 N–H and O–H groups in total. The molecule has 0 radical (unpaired) electrons. The molecule has 4 heteroatoms. The molecule has 1 rings (SSSR count). The molecule has 1 amide bonds. The lowest BCUT2D eigenvalue weighted by atomic mass is 10.1. The molecule has 0 bridgehead atoms. The smallest absolute Gasteiger partial charge is 0.254 e. The maximum absolute atomic E-state index is 12.4. The average Bonchev–Trinajstić information content (AvgIpc) is 2.32. The molecule has 100 valence electrons. The standard InChI is InChI=1S/C14H19Cl2NO/c1-10(2)17(8-4-7-15)14(18)12-5-6-13(16)11(3)9-12/h5-6,9-10H,4,7-8H2,1-3H3. The third-order valence-electron chi connectivity index (χ3n) is 2.82. The Morgan fingerprint density at radius 2 is 2.06 bits per heavy atom. The number of hydrogen-bond donors (Lipinski definition) is 0. The average molecular weight is 288 g/mol. The second kappa shape index (κ2) is 7.01. The van der Waals surface area contributed by atoms with Crippen LogP contribution < -0.4 is 0 Å². The molecular weight excluding hydrogens is 269 g/mol. The molecule has 0 aliphatic rings. The van der Waals surface area contributed by atoms with Crippen LogP contribution in [0.15, 0.2) is 18.2 Å². The minimum absolute atomic E-state index is 0.0369. The fourth-order valence-electron chi connectivity index (χ4n) is 1.77. The van der Waals surface area contributed by atoms with E-state index in [2.05, 4.69) is 0 Å². The Bertz CT molecular complexity index is 418. The van der Waals surface area contributed by atoms with Gasteiger partial charge in [-0.3, -0.25) is 4.79 Å². The van der Waals surface area contributed by atoms with E-state index < -0.39 is 0 Å². The molecule has 18 heavy (non-hydrogen) atoms. The van der Waals surface area contributed by atoms with E-state index in [4.69, 9.17) is 23.2 Å². The highest BCUT2D eigenvalue weighted by atomic mass is 35.5. The first kappa shape index (κ1) is 15.3. The van der Waals surface area contributed by atoms with Crippen LogP contribution in [0.4, 0.5) is 0 Å². The molecule has 0 fully saturated rings. The Hall–Kier alpha value is -0.730. The Kier molecular flexibility index (Phi) is 5.97. The van der Waals surface area contributed by atoms with Crippen LogP contribution in [-0.4, -0.2) is 29.3 Å². The van der Waals surface area contributed by atoms with Gasteiger partial charge in [0.05, 0.1) is 0 Å². The van der Waals surface area contributed by atoms with Gasteiger partial charge in [0.25, 0.3) is 5.91 Å². The van der Waals surface area contributed by atoms with Crippen LogP contribution >= 0.6 is 23.2 Å². The maximum Gasteiger partial charge on any atom is 0.254 e. The normalized spacial score (nSPS) is 10.8. The van der Waals surface area contributed by atoms with Crippen molar-refractivity contribution in [1.82, 2.24) is 4.90 Å². The van der Waals surface area contributed by atoms with E-state index in [9.17, 15) is 4.79 Å². The predicted molar refractivity (Wildman–Crippen MR) is 77.7 cm³/mol. The van der Waals surface area contributed by atoms with Gasteiger partial charge < -0.3 is 4.90 Å². The van der Waals surface area contributed by atoms with Gasteiger partial charge in [0.2, 0.25) is 0 Å². The molecule has 0 unspecified atom stereocenters. The molecule has 0 aromatic heterocycles. The Morgan fingerprint density at radius 3 is 2.56 bits per heavy atom. The molecule has 0 saturated carbocycles. The fraction of sp³-hybridized carbons (Fsp3) is 0.500. The maximum atomic E-state index is 12.4. The molecule has 0 atom stereocenters. The molecule has 0 aliphatic heterocycles. The number of hydrogen-bond acceptors (Lipinski definition) is 1. The fourth-order valence-corrected chi connectivity index (χ4v) is 2.00. The summed E-state index contributed by atoms with van der Waals surface area (Å²) in [6, 6.07) is 5.54. The largest absolute Gasteiger partial charge is 0.336 e. The monoisotopic (exact) mass is 287 g/mol. The van der Waals surface area contributed by atoms with Gasteiger partial charge in [-0.25, -0.2) is 0 Å². The SMILES string of the molecule is Cc1cc(C(=O)N(CCCCl)C(C)C)ccc1Cl. The van der Waals surface area contributed by atoms with E-state index in [-0.39, 0.29) is 11.9 Å². The van der Waals surface area contributed by atoms with Crippen LogP contribution in [0.5, 0.6) is 0 Å². The van der Waals surface area contributed by atoms with Crippen LogP contribution in [-0.2, 0) is 0 Å². The number of rotatable bonds is 5. The first-order valence-electron chi connectivity index (χ1n) is 6.10. The van der Waals surface area contributed by atoms with Crippen molar-refractivity contribution in [2.45, 2.75) is 33.2 Å². The number of halogens is 2. The lowest BCUT2D eigenvalue weighted by Crippen LogP contribution is -2.37. The van der Waals surface area contributed by atoms with Gasteiger partial charge in [0, 0.05) is 29.1 Å². The first-order chi connectivity index (χ1) is 8.47. The molecule has 0 spiro atoms. The molecule has 1 aromatic carbocycles. The van der Waals surface area contributed by atoms with Crippen molar-refractivity contribution in [3.63, 3.8) is 0 Å². The summed E-state index contributed by atoms with van der Waals surface area (Å²) in [5, 5.41) is 0.684. The first-order valence-corrected chi connectivity index (χ1v) is 7.01. The molecule has 0 saturated heterocycles. The quantitative estimate of drug-likeness (QED) is 0.746. The van der Waals surface area contributed by atoms with Gasteiger partial charge >= 0.3 is 0 Å². The Morgan fingerprint density at radius 1 is 1.39 bits per heavy atom. The number of amides is 1. The van der Waals surface area contributed by atoms with Crippen LogP contribution in [0.3, 0.4) is 0 Å². The summed E-state index contributed by atoms with van der Waals surface area (Å²) in [5.41, 5.74) is 1.60. The lowest BCUT2D eigenvalue weighted by Gasteiger charge is -2.26. The summed E-state index contributed by atoms with van der Waals surface area (Å²) < 4.78 is 0. The van der Waals surface area contributed by atoms with Crippen molar-refractivity contribution in [3.05, 3.63) is 34.3 Å². The molecule has 0 heterocycles. The molecule has 0 aliphatic carbocycles. The second-order valence-electron chi connectivity index (χ2n) is 4.60. The van der Waals surface area contributed by atoms with E-state index in [1.807, 2.05) is 31.7 Å². The van der Waals surface area contributed by atoms with Crippen molar-refractivity contribution >= 4 is 29.1 Å². The highest BCUT2D eigenvalue weighted by Crippen LogP contribution is 2.18. The zero-order chi connectivity index (χ0) is 13.7. The zero-order valence-electron chi connectivity index (χ0n) is 11.0. The predicted octanol–water partition coefficient (Wildman–Crippen LogP) is 4.13. The van der Waals surface area contributed by atoms with Gasteiger partial charge in [-0.1, -0.05) is 11.6 Å². The van der Waals surface area contributed by atoms with Crippen molar-refractivity contribution in [1.29, 1.82) is 0 Å². The number of benzene rings is 1. The number of aryl methyl sites for hydroxylation is 1. The zero-order valence-corrected chi connectivity index (χ0v) is 12.6. The summed E-state index contributed by atoms with van der Waals surface area (Å²) >= 11 is 11.7. The number of alkyl halides is 1. The second-order valence-corrected chi connectivity index (χ2v) is 5.38. The van der Waals surface area contributed by atoms with Crippen LogP contribution in [0.2, 0.25) is 5.02 Å². The lowest BCUT2D eigenvalue weighted by molar-refractivity contribution is 0.0706. The van der Waals surface area contributed by atoms with E-state index >= 15 is 0 Å². The van der Waals surface area contributed by atoms with Crippen LogP contribution in [0.25, 0.3) is 0 Å². The van der Waals surface area contributed by atoms with Crippen LogP contribution in [0.1, 0.15) is 36.2 Å². The molecule has 1 aromatic rings. The minimum atomic E-state index is 0.0369. The molecule has 2 nitrogen and oxygen atoms in total. The van der Waals surface area contributed by atoms with Gasteiger partial charge in [-0.2, -0.15) is 0 Å². The van der Waals surface area contributed by atoms with Gasteiger partial charge in [0.1, 0.15) is 0 Å². The van der Waals surface area contributed by atoms with Crippen molar-refractivity contribution in [2.75, 3.05) is 12.4 Å². The summed E-state index contributed by atoms with van der Waals surface area (Å²) in [6.45, 7) is 6.60. The van der Waals surface area contributed by atoms with Gasteiger partial charge in [-0.15, -0.1) is 11.6 Å². The third-order valence-corrected chi connectivity index (χ3v) is 3.51. The Balaban J connectivity index is 2.91. The highest BCUT2D eigenvalue weighted by Gasteiger charge is 2.18. The number of carbonyl (C=O) groups is 1. The third kappa shape index (κ3) is 3.89. The van der Waals surface area contributed by atoms with E-state index in [0.29, 0.717) is 23.0 Å². The van der Waals surface area contributed by atoms with Crippen molar-refractivity contribution in [2.24, 2.45) is 0 Å². The van der Waals surface area contributed by atoms with Crippen molar-refractivity contribution < 1.29 is 4.79 Å².